The number of rotatable bonds is 5. The molecule has 0 saturated carbocycles. The van der Waals surface area contributed by atoms with Crippen molar-refractivity contribution in [2.24, 2.45) is 5.92 Å². The van der Waals surface area contributed by atoms with Gasteiger partial charge in [0.15, 0.2) is 11.3 Å². The minimum absolute atomic E-state index is 0.183. The summed E-state index contributed by atoms with van der Waals surface area (Å²) in [4.78, 5) is 29.7. The third-order valence-electron chi connectivity index (χ3n) is 6.40. The minimum atomic E-state index is -0.183. The molecule has 0 aliphatic carbocycles. The number of hydrogen-bond acceptors (Lipinski definition) is 7. The molecule has 0 N–H and O–H groups in total. The average Bonchev–Trinajstić information content (AvgIpc) is 3.50. The van der Waals surface area contributed by atoms with Gasteiger partial charge in [0.1, 0.15) is 11.5 Å². The van der Waals surface area contributed by atoms with E-state index in [2.05, 4.69) is 22.0 Å². The van der Waals surface area contributed by atoms with Crippen LogP contribution in [0.5, 0.6) is 0 Å². The first-order chi connectivity index (χ1) is 16.6. The largest absolute Gasteiger partial charge is 0.381 e. The van der Waals surface area contributed by atoms with Gasteiger partial charge in [0, 0.05) is 43.8 Å². The molecule has 172 valence electrons. The zero-order valence-electron chi connectivity index (χ0n) is 19.2. The van der Waals surface area contributed by atoms with Crippen LogP contribution in [0.1, 0.15) is 17.9 Å². The summed E-state index contributed by atoms with van der Waals surface area (Å²) in [5, 5.41) is 5.59. The van der Waals surface area contributed by atoms with Crippen molar-refractivity contribution < 1.29 is 4.74 Å². The first-order valence-corrected chi connectivity index (χ1v) is 11.5. The van der Waals surface area contributed by atoms with Gasteiger partial charge in [0.25, 0.3) is 5.56 Å². The number of hydrogen-bond donors (Lipinski definition) is 0. The van der Waals surface area contributed by atoms with Crippen molar-refractivity contribution in [3.05, 3.63) is 70.5 Å². The Bertz CT molecular complexity index is 1580. The van der Waals surface area contributed by atoms with Crippen LogP contribution in [-0.2, 0) is 11.3 Å². The van der Waals surface area contributed by atoms with Gasteiger partial charge < -0.3 is 9.64 Å². The van der Waals surface area contributed by atoms with Crippen LogP contribution in [0.15, 0.2) is 53.5 Å². The number of ether oxygens (including phenoxy) is 1. The van der Waals surface area contributed by atoms with E-state index in [9.17, 15) is 4.79 Å². The first kappa shape index (κ1) is 20.7. The van der Waals surface area contributed by atoms with Crippen LogP contribution in [-0.4, -0.2) is 55.9 Å². The van der Waals surface area contributed by atoms with Crippen molar-refractivity contribution in [2.45, 2.75) is 19.9 Å². The Morgan fingerprint density at radius 2 is 2.06 bits per heavy atom. The minimum Gasteiger partial charge on any atom is -0.381 e. The number of aryl methyl sites for hydroxylation is 1. The van der Waals surface area contributed by atoms with E-state index in [1.54, 1.807) is 15.3 Å². The summed E-state index contributed by atoms with van der Waals surface area (Å²) < 4.78 is 9.00. The highest BCUT2D eigenvalue weighted by atomic mass is 16.5. The van der Waals surface area contributed by atoms with Crippen LogP contribution in [0.4, 0.5) is 5.82 Å². The van der Waals surface area contributed by atoms with Crippen LogP contribution >= 0.6 is 0 Å². The molecule has 1 fully saturated rings. The van der Waals surface area contributed by atoms with Gasteiger partial charge in [0.2, 0.25) is 0 Å². The zero-order chi connectivity index (χ0) is 23.2. The molecule has 1 unspecified atom stereocenters. The van der Waals surface area contributed by atoms with Gasteiger partial charge in [-0.1, -0.05) is 12.1 Å². The molecule has 4 aromatic heterocycles. The standard InChI is InChI=1S/C25H25N7O2/c1-16-12-22-31(25(33)23-20(32(22)29-16)8-5-10-26-23)14-21-27-19-7-4-3-6-18(19)24(28-21)30(2)13-17-9-11-34-15-17/h3-8,10,12,17H,9,11,13-15H2,1-2H3. The highest BCUT2D eigenvalue weighted by molar-refractivity contribution is 5.89. The van der Waals surface area contributed by atoms with Crippen molar-refractivity contribution in [2.75, 3.05) is 31.7 Å². The van der Waals surface area contributed by atoms with Gasteiger partial charge in [0.05, 0.1) is 29.9 Å². The molecule has 0 bridgehead atoms. The Hall–Kier alpha value is -3.85. The van der Waals surface area contributed by atoms with Crippen molar-refractivity contribution >= 4 is 33.4 Å². The van der Waals surface area contributed by atoms with E-state index in [1.807, 2.05) is 49.4 Å². The maximum Gasteiger partial charge on any atom is 0.280 e. The third kappa shape index (κ3) is 3.49. The van der Waals surface area contributed by atoms with Crippen LogP contribution in [0.2, 0.25) is 0 Å². The summed E-state index contributed by atoms with van der Waals surface area (Å²) >= 11 is 0. The predicted octanol–water partition coefficient (Wildman–Crippen LogP) is 2.82. The number of pyridine rings is 1. The fourth-order valence-corrected chi connectivity index (χ4v) is 4.78. The van der Waals surface area contributed by atoms with Crippen LogP contribution in [0, 0.1) is 12.8 Å². The predicted molar refractivity (Wildman–Crippen MR) is 130 cm³/mol. The monoisotopic (exact) mass is 455 g/mol. The summed E-state index contributed by atoms with van der Waals surface area (Å²) in [6, 6.07) is 13.6. The molecule has 1 aromatic carbocycles. The molecule has 6 rings (SSSR count). The quantitative estimate of drug-likeness (QED) is 0.402. The SMILES string of the molecule is Cc1cc2n(Cc3nc(N(C)CC4CCOC4)c4ccccc4n3)c(=O)c3ncccc3n2n1. The van der Waals surface area contributed by atoms with Crippen molar-refractivity contribution in [1.82, 2.24) is 29.1 Å². The fourth-order valence-electron chi connectivity index (χ4n) is 4.78. The van der Waals surface area contributed by atoms with Gasteiger partial charge >= 0.3 is 0 Å². The van der Waals surface area contributed by atoms with Crippen molar-refractivity contribution in [3.8, 4) is 0 Å². The molecule has 0 amide bonds. The van der Waals surface area contributed by atoms with Gasteiger partial charge in [-0.3, -0.25) is 9.36 Å². The van der Waals surface area contributed by atoms with Crippen molar-refractivity contribution in [1.29, 1.82) is 0 Å². The number of benzene rings is 1. The highest BCUT2D eigenvalue weighted by Gasteiger charge is 2.21. The fraction of sp³-hybridized carbons (Fsp3) is 0.320. The summed E-state index contributed by atoms with van der Waals surface area (Å²) in [5.41, 5.74) is 3.24. The van der Waals surface area contributed by atoms with E-state index in [-0.39, 0.29) is 12.1 Å². The molecule has 1 saturated heterocycles. The molecular weight excluding hydrogens is 430 g/mol. The van der Waals surface area contributed by atoms with Gasteiger partial charge in [-0.05, 0) is 37.6 Å². The molecule has 1 aliphatic rings. The number of para-hydroxylation sites is 1. The van der Waals surface area contributed by atoms with E-state index >= 15 is 0 Å². The first-order valence-electron chi connectivity index (χ1n) is 11.5. The van der Waals surface area contributed by atoms with Gasteiger partial charge in [-0.2, -0.15) is 5.10 Å². The summed E-state index contributed by atoms with van der Waals surface area (Å²) in [5.74, 6) is 1.91. The summed E-state index contributed by atoms with van der Waals surface area (Å²) in [7, 11) is 2.06. The maximum absolute atomic E-state index is 13.4. The molecule has 9 nitrogen and oxygen atoms in total. The number of aromatic nitrogens is 6. The maximum atomic E-state index is 13.4. The lowest BCUT2D eigenvalue weighted by Gasteiger charge is -2.23. The van der Waals surface area contributed by atoms with Crippen LogP contribution in [0.3, 0.4) is 0 Å². The Kier molecular flexibility index (Phi) is 4.99. The molecule has 34 heavy (non-hydrogen) atoms. The number of nitrogens with zero attached hydrogens (tertiary/aromatic N) is 7. The van der Waals surface area contributed by atoms with Crippen LogP contribution in [0.25, 0.3) is 27.6 Å². The van der Waals surface area contributed by atoms with E-state index in [0.29, 0.717) is 28.4 Å². The molecule has 5 aromatic rings. The lowest BCUT2D eigenvalue weighted by Crippen LogP contribution is -2.28. The van der Waals surface area contributed by atoms with Crippen LogP contribution < -0.4 is 10.5 Å². The molecule has 0 radical (unpaired) electrons. The molecule has 9 heteroatoms. The Morgan fingerprint density at radius 1 is 1.18 bits per heavy atom. The smallest absolute Gasteiger partial charge is 0.280 e. The Balaban J connectivity index is 1.49. The zero-order valence-corrected chi connectivity index (χ0v) is 19.2. The van der Waals surface area contributed by atoms with E-state index in [0.717, 1.165) is 48.6 Å². The second-order valence-corrected chi connectivity index (χ2v) is 8.91. The molecule has 1 atom stereocenters. The Labute approximate surface area is 195 Å². The van der Waals surface area contributed by atoms with Gasteiger partial charge in [-0.15, -0.1) is 0 Å². The molecule has 5 heterocycles. The average molecular weight is 456 g/mol. The van der Waals surface area contributed by atoms with Crippen molar-refractivity contribution in [3.63, 3.8) is 0 Å². The molecule has 1 aliphatic heterocycles. The second-order valence-electron chi connectivity index (χ2n) is 8.91. The third-order valence-corrected chi connectivity index (χ3v) is 6.40. The lowest BCUT2D eigenvalue weighted by molar-refractivity contribution is 0.186. The van der Waals surface area contributed by atoms with E-state index in [1.165, 1.54) is 0 Å². The summed E-state index contributed by atoms with van der Waals surface area (Å²) in [6.45, 7) is 4.58. The topological polar surface area (TPSA) is 90.4 Å². The number of fused-ring (bicyclic) bond motifs is 4. The normalized spacial score (nSPS) is 16.1. The lowest BCUT2D eigenvalue weighted by atomic mass is 10.1. The molecule has 0 spiro atoms. The van der Waals surface area contributed by atoms with E-state index < -0.39 is 0 Å². The van der Waals surface area contributed by atoms with E-state index in [4.69, 9.17) is 14.7 Å². The summed E-state index contributed by atoms with van der Waals surface area (Å²) in [6.07, 6.45) is 2.68. The number of anilines is 1. The Morgan fingerprint density at radius 3 is 2.91 bits per heavy atom. The second kappa shape index (κ2) is 8.18. The van der Waals surface area contributed by atoms with Gasteiger partial charge in [-0.25, -0.2) is 19.5 Å². The molecular formula is C25H25N7O2. The highest BCUT2D eigenvalue weighted by Crippen LogP contribution is 2.25.